The fourth-order valence-corrected chi connectivity index (χ4v) is 5.24. The summed E-state index contributed by atoms with van der Waals surface area (Å²) in [5.41, 5.74) is -0.683. The van der Waals surface area contributed by atoms with E-state index in [1.165, 1.54) is 0 Å². The largest absolute Gasteiger partial charge is 0.341 e. The van der Waals surface area contributed by atoms with E-state index in [-0.39, 0.29) is 11.1 Å². The van der Waals surface area contributed by atoms with Gasteiger partial charge in [0.2, 0.25) is 15.7 Å². The topological polar surface area (TPSA) is 113 Å². The molecule has 0 radical (unpaired) electrons. The normalized spacial score (nSPS) is 23.8. The molecule has 0 aromatic heterocycles. The van der Waals surface area contributed by atoms with Crippen LogP contribution in [0.5, 0.6) is 0 Å². The minimum absolute atomic E-state index is 0.150. The van der Waals surface area contributed by atoms with E-state index in [2.05, 4.69) is 31.4 Å². The zero-order valence-electron chi connectivity index (χ0n) is 18.9. The van der Waals surface area contributed by atoms with Crippen molar-refractivity contribution in [3.8, 4) is 0 Å². The third-order valence-corrected chi connectivity index (χ3v) is 8.50. The predicted molar refractivity (Wildman–Crippen MR) is 117 cm³/mol. The van der Waals surface area contributed by atoms with Gasteiger partial charge in [0.25, 0.3) is 5.91 Å². The van der Waals surface area contributed by atoms with Crippen molar-refractivity contribution in [1.29, 1.82) is 0 Å². The number of imide groups is 1. The van der Waals surface area contributed by atoms with Gasteiger partial charge >= 0.3 is 11.8 Å². The highest BCUT2D eigenvalue weighted by atomic mass is 32.2. The van der Waals surface area contributed by atoms with E-state index in [0.29, 0.717) is 18.8 Å². The molecule has 2 fully saturated rings. The molecular formula is C22H29F2N3O5S. The Kier molecular flexibility index (Phi) is 6.84. The number of hydrogen-bond donors (Lipinski definition) is 2. The maximum Gasteiger partial charge on any atom is 0.341 e. The molecule has 1 spiro atoms. The maximum atomic E-state index is 13.1. The summed E-state index contributed by atoms with van der Waals surface area (Å²) >= 11 is 0. The lowest BCUT2D eigenvalue weighted by Crippen LogP contribution is -2.51. The number of benzene rings is 1. The third-order valence-electron chi connectivity index (χ3n) is 7.10. The molecule has 1 aromatic rings. The molecule has 11 heteroatoms. The molecule has 4 amide bonds. The Morgan fingerprint density at radius 2 is 1.79 bits per heavy atom. The van der Waals surface area contributed by atoms with Crippen LogP contribution in [-0.4, -0.2) is 49.0 Å². The highest BCUT2D eigenvalue weighted by Gasteiger charge is 2.53. The second-order valence-corrected chi connectivity index (χ2v) is 11.3. The third kappa shape index (κ3) is 4.87. The molecule has 0 bridgehead atoms. The van der Waals surface area contributed by atoms with Crippen molar-refractivity contribution in [2.45, 2.75) is 69.1 Å². The number of rotatable bonds is 7. The summed E-state index contributed by atoms with van der Waals surface area (Å²) in [6, 6.07) is 3.61. The smallest absolute Gasteiger partial charge is 0.325 e. The number of amides is 4. The fraction of sp³-hybridized carbons (Fsp3) is 0.591. The van der Waals surface area contributed by atoms with E-state index in [1.807, 2.05) is 0 Å². The Bertz CT molecular complexity index is 1030. The molecule has 0 unspecified atom stereocenters. The van der Waals surface area contributed by atoms with Gasteiger partial charge in [0.15, 0.2) is 0 Å². The van der Waals surface area contributed by atoms with Gasteiger partial charge in [0.05, 0.1) is 4.90 Å². The number of nitrogens with one attached hydrogen (secondary N) is 2. The lowest BCUT2D eigenvalue weighted by molar-refractivity contribution is -0.135. The second kappa shape index (κ2) is 9.00. The summed E-state index contributed by atoms with van der Waals surface area (Å²) in [6.07, 6.45) is 3.67. The Balaban J connectivity index is 1.62. The summed E-state index contributed by atoms with van der Waals surface area (Å²) in [4.78, 5) is 38.3. The number of alkyl halides is 2. The van der Waals surface area contributed by atoms with Crippen LogP contribution in [0.4, 0.5) is 19.3 Å². The quantitative estimate of drug-likeness (QED) is 0.574. The molecule has 1 heterocycles. The molecular weight excluding hydrogens is 456 g/mol. The van der Waals surface area contributed by atoms with Crippen LogP contribution in [-0.2, 0) is 19.4 Å². The van der Waals surface area contributed by atoms with E-state index >= 15 is 0 Å². The lowest BCUT2D eigenvalue weighted by Gasteiger charge is -2.42. The minimum atomic E-state index is -4.74. The summed E-state index contributed by atoms with van der Waals surface area (Å²) in [5.74, 6) is -4.19. The van der Waals surface area contributed by atoms with Gasteiger partial charge in [-0.2, -0.15) is 8.78 Å². The van der Waals surface area contributed by atoms with E-state index in [1.54, 1.807) is 0 Å². The van der Waals surface area contributed by atoms with E-state index < -0.39 is 50.4 Å². The average molecular weight is 486 g/mol. The van der Waals surface area contributed by atoms with E-state index in [9.17, 15) is 31.6 Å². The zero-order valence-corrected chi connectivity index (χ0v) is 19.7. The number of urea groups is 1. The van der Waals surface area contributed by atoms with Crippen LogP contribution in [0.25, 0.3) is 0 Å². The lowest BCUT2D eigenvalue weighted by atomic mass is 9.65. The van der Waals surface area contributed by atoms with E-state index in [0.717, 1.165) is 48.4 Å². The SMILES string of the molecule is CCC(C)(C)C1CCC2(CC1)NC(=O)N(CC(=O)Nc1ccc(S(=O)(=O)C(F)F)cc1)C2=O. The van der Waals surface area contributed by atoms with Gasteiger partial charge in [-0.15, -0.1) is 0 Å². The van der Waals surface area contributed by atoms with Crippen LogP contribution in [0, 0.1) is 11.3 Å². The first-order valence-corrected chi connectivity index (χ1v) is 12.4. The monoisotopic (exact) mass is 485 g/mol. The number of carbonyl (C=O) groups is 3. The molecule has 0 atom stereocenters. The highest BCUT2D eigenvalue weighted by molar-refractivity contribution is 7.91. The van der Waals surface area contributed by atoms with Crippen LogP contribution in [0.3, 0.4) is 0 Å². The Morgan fingerprint density at radius 3 is 2.30 bits per heavy atom. The number of carbonyl (C=O) groups excluding carboxylic acids is 3. The molecule has 1 saturated heterocycles. The Hall–Kier alpha value is -2.56. The second-order valence-electron chi connectivity index (χ2n) is 9.40. The molecule has 1 aliphatic carbocycles. The summed E-state index contributed by atoms with van der Waals surface area (Å²) < 4.78 is 48.2. The van der Waals surface area contributed by atoms with Crippen LogP contribution in [0.2, 0.25) is 0 Å². The number of halogens is 2. The van der Waals surface area contributed by atoms with Crippen molar-refractivity contribution in [2.75, 3.05) is 11.9 Å². The standard InChI is InChI=1S/C22H29F2N3O5S/c1-4-21(2,3)14-9-11-22(12-10-14)18(29)27(20(30)26-22)13-17(28)25-15-5-7-16(8-6-15)33(31,32)19(23)24/h5-8,14,19H,4,9-13H2,1-3H3,(H,25,28)(H,26,30). The highest BCUT2D eigenvalue weighted by Crippen LogP contribution is 2.45. The van der Waals surface area contributed by atoms with Crippen molar-refractivity contribution in [3.05, 3.63) is 24.3 Å². The van der Waals surface area contributed by atoms with E-state index in [4.69, 9.17) is 0 Å². The Morgan fingerprint density at radius 1 is 1.21 bits per heavy atom. The molecule has 33 heavy (non-hydrogen) atoms. The number of nitrogens with zero attached hydrogens (tertiary/aromatic N) is 1. The van der Waals surface area contributed by atoms with Crippen LogP contribution < -0.4 is 10.6 Å². The number of sulfone groups is 1. The van der Waals surface area contributed by atoms with Crippen LogP contribution in [0.15, 0.2) is 29.2 Å². The summed E-state index contributed by atoms with van der Waals surface area (Å²) in [6.45, 7) is 6.04. The van der Waals surface area contributed by atoms with Crippen molar-refractivity contribution in [1.82, 2.24) is 10.2 Å². The molecule has 2 N–H and O–H groups in total. The van der Waals surface area contributed by atoms with Crippen molar-refractivity contribution >= 4 is 33.4 Å². The van der Waals surface area contributed by atoms with Crippen LogP contribution >= 0.6 is 0 Å². The summed E-state index contributed by atoms with van der Waals surface area (Å²) in [5, 5.41) is 5.23. The first kappa shape index (κ1) is 25.1. The number of hydrogen-bond acceptors (Lipinski definition) is 5. The fourth-order valence-electron chi connectivity index (χ4n) is 4.51. The molecule has 1 aromatic carbocycles. The average Bonchev–Trinajstić information content (AvgIpc) is 2.98. The summed E-state index contributed by atoms with van der Waals surface area (Å²) in [7, 11) is -4.74. The number of anilines is 1. The molecule has 1 saturated carbocycles. The Labute approximate surface area is 192 Å². The van der Waals surface area contributed by atoms with Gasteiger partial charge < -0.3 is 10.6 Å². The molecule has 3 rings (SSSR count). The molecule has 8 nitrogen and oxygen atoms in total. The zero-order chi connectivity index (χ0) is 24.6. The minimum Gasteiger partial charge on any atom is -0.325 e. The molecule has 182 valence electrons. The van der Waals surface area contributed by atoms with Crippen molar-refractivity contribution in [2.24, 2.45) is 11.3 Å². The molecule has 1 aliphatic heterocycles. The van der Waals surface area contributed by atoms with Gasteiger partial charge in [-0.05, 0) is 61.3 Å². The van der Waals surface area contributed by atoms with Crippen molar-refractivity contribution < 1.29 is 31.6 Å². The van der Waals surface area contributed by atoms with Gasteiger partial charge in [-0.25, -0.2) is 13.2 Å². The molecule has 2 aliphatic rings. The van der Waals surface area contributed by atoms with Gasteiger partial charge in [-0.3, -0.25) is 14.5 Å². The predicted octanol–water partition coefficient (Wildman–Crippen LogP) is 3.54. The van der Waals surface area contributed by atoms with Gasteiger partial charge in [0, 0.05) is 5.69 Å². The van der Waals surface area contributed by atoms with Gasteiger partial charge in [0.1, 0.15) is 12.1 Å². The first-order chi connectivity index (χ1) is 15.3. The maximum absolute atomic E-state index is 13.1. The van der Waals surface area contributed by atoms with Crippen molar-refractivity contribution in [3.63, 3.8) is 0 Å². The first-order valence-electron chi connectivity index (χ1n) is 10.9. The van der Waals surface area contributed by atoms with Gasteiger partial charge in [-0.1, -0.05) is 27.2 Å². The van der Waals surface area contributed by atoms with Crippen LogP contribution in [0.1, 0.15) is 52.9 Å².